The molecule has 8 nitrogen and oxygen atoms in total. The Morgan fingerprint density at radius 2 is 1.57 bits per heavy atom. The average Bonchev–Trinajstić information content (AvgIpc) is 3.18. The molecule has 0 spiro atoms. The first-order valence-electron chi connectivity index (χ1n) is 11.3. The summed E-state index contributed by atoms with van der Waals surface area (Å²) in [6, 6.07) is 21.9. The molecule has 0 unspecified atom stereocenters. The lowest BCUT2D eigenvalue weighted by Gasteiger charge is -2.15. The van der Waals surface area contributed by atoms with Crippen LogP contribution in [-0.2, 0) is 20.7 Å². The van der Waals surface area contributed by atoms with Crippen LogP contribution in [0.5, 0.6) is 0 Å². The second-order valence-electron chi connectivity index (χ2n) is 8.29. The van der Waals surface area contributed by atoms with Gasteiger partial charge in [-0.2, -0.15) is 0 Å². The van der Waals surface area contributed by atoms with Crippen molar-refractivity contribution in [2.75, 3.05) is 18.5 Å². The number of carboxylic acid groups (broad SMARTS) is 1. The minimum absolute atomic E-state index is 0.0356. The summed E-state index contributed by atoms with van der Waals surface area (Å²) < 4.78 is 5.57. The minimum atomic E-state index is -1.33. The maximum atomic E-state index is 12.5. The van der Waals surface area contributed by atoms with Crippen LogP contribution in [0.25, 0.3) is 11.1 Å². The quantitative estimate of drug-likeness (QED) is 0.376. The number of aliphatic hydroxyl groups excluding tert-OH is 1. The van der Waals surface area contributed by atoms with E-state index >= 15 is 0 Å². The van der Waals surface area contributed by atoms with Crippen LogP contribution in [0.4, 0.5) is 10.5 Å². The number of nitrogens with one attached hydrogen (secondary N) is 2. The van der Waals surface area contributed by atoms with Gasteiger partial charge in [-0.1, -0.05) is 60.7 Å². The molecule has 4 N–H and O–H groups in total. The van der Waals surface area contributed by atoms with E-state index in [1.165, 1.54) is 0 Å². The third kappa shape index (κ3) is 5.67. The summed E-state index contributed by atoms with van der Waals surface area (Å²) in [5, 5.41) is 22.9. The van der Waals surface area contributed by atoms with E-state index in [1.807, 2.05) is 24.3 Å². The van der Waals surface area contributed by atoms with Gasteiger partial charge in [0.15, 0.2) is 0 Å². The molecule has 2 amide bonds. The molecule has 1 atom stereocenters. The van der Waals surface area contributed by atoms with Crippen molar-refractivity contribution in [2.45, 2.75) is 24.8 Å². The SMILES string of the molecule is O=C(CCc1cccc(NC(=O)OCC2c3ccccc3-c3ccccc32)c1)N[C@H](CO)C(=O)O. The molecule has 0 bridgehead atoms. The van der Waals surface area contributed by atoms with E-state index in [0.717, 1.165) is 27.8 Å². The van der Waals surface area contributed by atoms with Crippen molar-refractivity contribution in [1.82, 2.24) is 5.32 Å². The first kappa shape index (κ1) is 24.0. The van der Waals surface area contributed by atoms with Crippen LogP contribution < -0.4 is 10.6 Å². The summed E-state index contributed by atoms with van der Waals surface area (Å²) >= 11 is 0. The first-order valence-corrected chi connectivity index (χ1v) is 11.3. The fourth-order valence-electron chi connectivity index (χ4n) is 4.27. The van der Waals surface area contributed by atoms with E-state index in [-0.39, 0.29) is 18.9 Å². The number of aliphatic hydroxyl groups is 1. The van der Waals surface area contributed by atoms with Gasteiger partial charge in [-0.3, -0.25) is 10.1 Å². The number of hydrogen-bond donors (Lipinski definition) is 4. The number of carboxylic acids is 1. The van der Waals surface area contributed by atoms with Crippen molar-refractivity contribution in [3.05, 3.63) is 89.5 Å². The monoisotopic (exact) mass is 474 g/mol. The summed E-state index contributed by atoms with van der Waals surface area (Å²) in [5.74, 6) is -1.82. The van der Waals surface area contributed by atoms with Gasteiger partial charge in [-0.25, -0.2) is 9.59 Å². The highest BCUT2D eigenvalue weighted by atomic mass is 16.5. The van der Waals surface area contributed by atoms with Crippen molar-refractivity contribution < 1.29 is 29.3 Å². The molecule has 0 fully saturated rings. The Labute approximate surface area is 202 Å². The van der Waals surface area contributed by atoms with Crippen molar-refractivity contribution >= 4 is 23.7 Å². The van der Waals surface area contributed by atoms with E-state index in [9.17, 15) is 14.4 Å². The Balaban J connectivity index is 1.32. The number of anilines is 1. The number of aryl methyl sites for hydroxylation is 1. The van der Waals surface area contributed by atoms with Gasteiger partial charge in [0.25, 0.3) is 0 Å². The highest BCUT2D eigenvalue weighted by Gasteiger charge is 2.29. The molecule has 0 radical (unpaired) electrons. The number of amides is 2. The molecule has 0 aromatic heterocycles. The predicted octanol–water partition coefficient (Wildman–Crippen LogP) is 3.54. The van der Waals surface area contributed by atoms with Crippen LogP contribution in [0.2, 0.25) is 0 Å². The van der Waals surface area contributed by atoms with Gasteiger partial charge in [0.1, 0.15) is 12.6 Å². The first-order chi connectivity index (χ1) is 17.0. The van der Waals surface area contributed by atoms with E-state index in [0.29, 0.717) is 12.1 Å². The molecule has 4 rings (SSSR count). The molecular weight excluding hydrogens is 448 g/mol. The van der Waals surface area contributed by atoms with Gasteiger partial charge >= 0.3 is 12.1 Å². The van der Waals surface area contributed by atoms with Gasteiger partial charge < -0.3 is 20.3 Å². The third-order valence-electron chi connectivity index (χ3n) is 5.97. The van der Waals surface area contributed by atoms with Gasteiger partial charge in [0.2, 0.25) is 5.91 Å². The zero-order valence-corrected chi connectivity index (χ0v) is 18.9. The fraction of sp³-hybridized carbons (Fsp3) is 0.222. The molecule has 3 aromatic carbocycles. The predicted molar refractivity (Wildman–Crippen MR) is 130 cm³/mol. The molecule has 8 heteroatoms. The molecular formula is C27H26N2O6. The maximum absolute atomic E-state index is 12.5. The molecule has 1 aliphatic carbocycles. The summed E-state index contributed by atoms with van der Waals surface area (Å²) in [6.45, 7) is -0.476. The van der Waals surface area contributed by atoms with E-state index < -0.39 is 30.6 Å². The minimum Gasteiger partial charge on any atom is -0.480 e. The zero-order valence-electron chi connectivity index (χ0n) is 18.9. The fourth-order valence-corrected chi connectivity index (χ4v) is 4.27. The lowest BCUT2D eigenvalue weighted by atomic mass is 9.98. The van der Waals surface area contributed by atoms with E-state index in [1.54, 1.807) is 24.3 Å². The van der Waals surface area contributed by atoms with E-state index in [2.05, 4.69) is 34.9 Å². The molecule has 0 aliphatic heterocycles. The number of ether oxygens (including phenoxy) is 1. The topological polar surface area (TPSA) is 125 Å². The normalized spacial score (nSPS) is 12.8. The smallest absolute Gasteiger partial charge is 0.411 e. The molecule has 35 heavy (non-hydrogen) atoms. The van der Waals surface area contributed by atoms with Gasteiger partial charge in [0, 0.05) is 18.0 Å². The van der Waals surface area contributed by atoms with Gasteiger partial charge in [0.05, 0.1) is 6.61 Å². The standard InChI is InChI=1S/C27H26N2O6/c30-15-24(26(32)33)29-25(31)13-12-17-6-5-7-18(14-17)28-27(34)35-16-23-21-10-3-1-8-19(21)20-9-2-4-11-22(20)23/h1-11,14,23-24,30H,12-13,15-16H2,(H,28,34)(H,29,31)(H,32,33)/t24-/m1/s1. The Bertz CT molecular complexity index is 1200. The summed E-state index contributed by atoms with van der Waals surface area (Å²) in [5.41, 5.74) is 5.89. The number of aliphatic carboxylic acids is 1. The van der Waals surface area contributed by atoms with Crippen molar-refractivity contribution in [1.29, 1.82) is 0 Å². The number of fused-ring (bicyclic) bond motifs is 3. The molecule has 0 saturated heterocycles. The van der Waals surface area contributed by atoms with Crippen molar-refractivity contribution in [3.63, 3.8) is 0 Å². The molecule has 180 valence electrons. The van der Waals surface area contributed by atoms with Gasteiger partial charge in [-0.15, -0.1) is 0 Å². The highest BCUT2D eigenvalue weighted by molar-refractivity contribution is 5.86. The number of carbonyl (C=O) groups excluding carboxylic acids is 2. The molecule has 0 saturated carbocycles. The summed E-state index contributed by atoms with van der Waals surface area (Å²) in [4.78, 5) is 35.4. The average molecular weight is 475 g/mol. The number of benzene rings is 3. The Kier molecular flexibility index (Phi) is 7.42. The number of carbonyl (C=O) groups is 3. The second-order valence-corrected chi connectivity index (χ2v) is 8.29. The maximum Gasteiger partial charge on any atom is 0.411 e. The lowest BCUT2D eigenvalue weighted by Crippen LogP contribution is -2.43. The van der Waals surface area contributed by atoms with Crippen LogP contribution in [0.3, 0.4) is 0 Å². The van der Waals surface area contributed by atoms with Crippen LogP contribution in [0.15, 0.2) is 72.8 Å². The number of rotatable bonds is 9. The van der Waals surface area contributed by atoms with Crippen LogP contribution in [0.1, 0.15) is 29.0 Å². The van der Waals surface area contributed by atoms with Gasteiger partial charge in [-0.05, 0) is 46.4 Å². The Morgan fingerprint density at radius 1 is 0.914 bits per heavy atom. The molecule has 3 aromatic rings. The largest absolute Gasteiger partial charge is 0.480 e. The summed E-state index contributed by atoms with van der Waals surface area (Å²) in [7, 11) is 0. The highest BCUT2D eigenvalue weighted by Crippen LogP contribution is 2.44. The Hall–Kier alpha value is -4.17. The summed E-state index contributed by atoms with van der Waals surface area (Å²) in [6.07, 6.45) is -0.198. The van der Waals surface area contributed by atoms with Crippen molar-refractivity contribution in [3.8, 4) is 11.1 Å². The van der Waals surface area contributed by atoms with Crippen LogP contribution in [-0.4, -0.2) is 47.4 Å². The Morgan fingerprint density at radius 3 is 2.20 bits per heavy atom. The van der Waals surface area contributed by atoms with E-state index in [4.69, 9.17) is 14.9 Å². The zero-order chi connectivity index (χ0) is 24.8. The number of hydrogen-bond acceptors (Lipinski definition) is 5. The second kappa shape index (κ2) is 10.8. The van der Waals surface area contributed by atoms with Crippen LogP contribution in [0, 0.1) is 0 Å². The van der Waals surface area contributed by atoms with Crippen molar-refractivity contribution in [2.24, 2.45) is 0 Å². The lowest BCUT2D eigenvalue weighted by molar-refractivity contribution is -0.142. The van der Waals surface area contributed by atoms with Crippen LogP contribution >= 0.6 is 0 Å². The molecule has 1 aliphatic rings. The molecule has 0 heterocycles. The third-order valence-corrected chi connectivity index (χ3v) is 5.97.